The first kappa shape index (κ1) is 18.4. The van der Waals surface area contributed by atoms with Crippen molar-refractivity contribution in [3.8, 4) is 0 Å². The van der Waals surface area contributed by atoms with Crippen LogP contribution in [0.25, 0.3) is 0 Å². The lowest BCUT2D eigenvalue weighted by Crippen LogP contribution is -2.60. The lowest BCUT2D eigenvalue weighted by Gasteiger charge is -2.40. The van der Waals surface area contributed by atoms with Crippen molar-refractivity contribution in [3.63, 3.8) is 0 Å². The van der Waals surface area contributed by atoms with Crippen LogP contribution >= 0.6 is 0 Å². The van der Waals surface area contributed by atoms with Gasteiger partial charge in [0.2, 0.25) is 0 Å². The van der Waals surface area contributed by atoms with Crippen molar-refractivity contribution < 1.29 is 18.3 Å². The number of aliphatic carboxylic acids is 1. The molecule has 0 aromatic rings. The zero-order chi connectivity index (χ0) is 16.5. The Morgan fingerprint density at radius 2 is 1.62 bits per heavy atom. The molecule has 0 bridgehead atoms. The Labute approximate surface area is 128 Å². The standard InChI is InChI=1S/C14H28N2O4S/c1-13(2,12(17)18)14(3,4)15-21(19,20)16(5)11-9-7-6-8-10-11/h11,15H,6-10H2,1-5H3,(H,17,18). The molecule has 1 fully saturated rings. The molecule has 0 aliphatic heterocycles. The molecule has 0 amide bonds. The highest BCUT2D eigenvalue weighted by molar-refractivity contribution is 7.87. The van der Waals surface area contributed by atoms with Gasteiger partial charge in [0, 0.05) is 18.6 Å². The molecule has 0 saturated heterocycles. The molecular weight excluding hydrogens is 292 g/mol. The number of carboxylic acids is 1. The van der Waals surface area contributed by atoms with Crippen molar-refractivity contribution in [3.05, 3.63) is 0 Å². The highest BCUT2D eigenvalue weighted by Crippen LogP contribution is 2.32. The van der Waals surface area contributed by atoms with E-state index in [9.17, 15) is 18.3 Å². The van der Waals surface area contributed by atoms with Crippen LogP contribution in [0.3, 0.4) is 0 Å². The fraction of sp³-hybridized carbons (Fsp3) is 0.929. The van der Waals surface area contributed by atoms with Crippen molar-refractivity contribution >= 4 is 16.2 Å². The van der Waals surface area contributed by atoms with E-state index in [4.69, 9.17) is 0 Å². The Kier molecular flexibility index (Phi) is 5.45. The average molecular weight is 320 g/mol. The summed E-state index contributed by atoms with van der Waals surface area (Å²) in [4.78, 5) is 11.4. The van der Waals surface area contributed by atoms with Gasteiger partial charge in [-0.1, -0.05) is 19.3 Å². The van der Waals surface area contributed by atoms with E-state index in [1.807, 2.05) is 0 Å². The van der Waals surface area contributed by atoms with E-state index in [2.05, 4.69) is 4.72 Å². The van der Waals surface area contributed by atoms with E-state index in [1.165, 1.54) is 18.2 Å². The second-order valence-electron chi connectivity index (χ2n) is 6.97. The lowest BCUT2D eigenvalue weighted by atomic mass is 9.75. The Balaban J connectivity index is 2.90. The van der Waals surface area contributed by atoms with E-state index in [0.717, 1.165) is 32.1 Å². The van der Waals surface area contributed by atoms with E-state index >= 15 is 0 Å². The summed E-state index contributed by atoms with van der Waals surface area (Å²) in [7, 11) is -2.14. The number of nitrogens with zero attached hydrogens (tertiary/aromatic N) is 1. The molecular formula is C14H28N2O4S. The third kappa shape index (κ3) is 3.96. The maximum atomic E-state index is 12.5. The van der Waals surface area contributed by atoms with E-state index in [0.29, 0.717) is 0 Å². The van der Waals surface area contributed by atoms with Crippen LogP contribution in [0.5, 0.6) is 0 Å². The fourth-order valence-electron chi connectivity index (χ4n) is 2.43. The third-order valence-electron chi connectivity index (χ3n) is 4.95. The van der Waals surface area contributed by atoms with Gasteiger partial charge in [-0.3, -0.25) is 4.79 Å². The quantitative estimate of drug-likeness (QED) is 0.783. The maximum Gasteiger partial charge on any atom is 0.310 e. The van der Waals surface area contributed by atoms with Crippen LogP contribution in [0.15, 0.2) is 0 Å². The molecule has 2 N–H and O–H groups in total. The molecule has 0 aromatic heterocycles. The summed E-state index contributed by atoms with van der Waals surface area (Å²) >= 11 is 0. The summed E-state index contributed by atoms with van der Waals surface area (Å²) in [6.45, 7) is 6.26. The van der Waals surface area contributed by atoms with Crippen LogP contribution < -0.4 is 4.72 Å². The van der Waals surface area contributed by atoms with Gasteiger partial charge in [0.15, 0.2) is 0 Å². The van der Waals surface area contributed by atoms with Gasteiger partial charge >= 0.3 is 5.97 Å². The largest absolute Gasteiger partial charge is 0.481 e. The first-order valence-corrected chi connectivity index (χ1v) is 8.86. The molecule has 1 saturated carbocycles. The van der Waals surface area contributed by atoms with Gasteiger partial charge in [-0.25, -0.2) is 0 Å². The molecule has 7 heteroatoms. The minimum absolute atomic E-state index is 0.00000898. The van der Waals surface area contributed by atoms with Crippen molar-refractivity contribution in [1.82, 2.24) is 9.03 Å². The van der Waals surface area contributed by atoms with Crippen LogP contribution in [0.2, 0.25) is 0 Å². The van der Waals surface area contributed by atoms with Crippen molar-refractivity contribution in [1.29, 1.82) is 0 Å². The molecule has 1 rings (SSSR count). The molecule has 1 aliphatic carbocycles. The van der Waals surface area contributed by atoms with Crippen LogP contribution in [-0.2, 0) is 15.0 Å². The number of rotatable bonds is 6. The minimum Gasteiger partial charge on any atom is -0.481 e. The molecule has 0 heterocycles. The number of hydrogen-bond donors (Lipinski definition) is 2. The molecule has 21 heavy (non-hydrogen) atoms. The first-order valence-electron chi connectivity index (χ1n) is 7.42. The summed E-state index contributed by atoms with van der Waals surface area (Å²) in [5, 5.41) is 9.31. The summed E-state index contributed by atoms with van der Waals surface area (Å²) < 4.78 is 29.0. The van der Waals surface area contributed by atoms with Crippen LogP contribution in [0, 0.1) is 5.41 Å². The van der Waals surface area contributed by atoms with Gasteiger partial charge in [0.25, 0.3) is 10.2 Å². The Morgan fingerprint density at radius 3 is 2.05 bits per heavy atom. The third-order valence-corrected chi connectivity index (χ3v) is 6.77. The molecule has 0 spiro atoms. The van der Waals surface area contributed by atoms with Crippen molar-refractivity contribution in [2.75, 3.05) is 7.05 Å². The highest BCUT2D eigenvalue weighted by atomic mass is 32.2. The second-order valence-corrected chi connectivity index (χ2v) is 8.70. The number of hydrogen-bond acceptors (Lipinski definition) is 3. The van der Waals surface area contributed by atoms with Gasteiger partial charge in [0.1, 0.15) is 0 Å². The molecule has 0 aromatic carbocycles. The molecule has 0 atom stereocenters. The maximum absolute atomic E-state index is 12.5. The molecule has 1 aliphatic rings. The van der Waals surface area contributed by atoms with Gasteiger partial charge in [-0.05, 0) is 40.5 Å². The Hall–Kier alpha value is -0.660. The first-order chi connectivity index (χ1) is 9.42. The number of carbonyl (C=O) groups is 1. The van der Waals surface area contributed by atoms with E-state index in [-0.39, 0.29) is 6.04 Å². The van der Waals surface area contributed by atoms with E-state index < -0.39 is 27.1 Å². The molecule has 0 radical (unpaired) electrons. The normalized spacial score (nSPS) is 19.0. The summed E-state index contributed by atoms with van der Waals surface area (Å²) in [5.74, 6) is -1.03. The highest BCUT2D eigenvalue weighted by Gasteiger charge is 2.46. The Morgan fingerprint density at radius 1 is 1.14 bits per heavy atom. The van der Waals surface area contributed by atoms with Crippen LogP contribution in [-0.4, -0.2) is 42.4 Å². The smallest absolute Gasteiger partial charge is 0.310 e. The monoisotopic (exact) mass is 320 g/mol. The Bertz CT molecular complexity index is 479. The fourth-order valence-corrected chi connectivity index (χ4v) is 4.08. The van der Waals surface area contributed by atoms with Gasteiger partial charge in [0.05, 0.1) is 5.41 Å². The minimum atomic E-state index is -3.71. The topological polar surface area (TPSA) is 86.7 Å². The average Bonchev–Trinajstić information content (AvgIpc) is 2.37. The number of nitrogens with one attached hydrogen (secondary N) is 1. The van der Waals surface area contributed by atoms with E-state index in [1.54, 1.807) is 20.9 Å². The second kappa shape index (κ2) is 6.22. The summed E-state index contributed by atoms with van der Waals surface area (Å²) in [5.41, 5.74) is -2.31. The van der Waals surface area contributed by atoms with Crippen molar-refractivity contribution in [2.45, 2.75) is 71.4 Å². The zero-order valence-corrected chi connectivity index (χ0v) is 14.5. The van der Waals surface area contributed by atoms with Gasteiger partial charge < -0.3 is 5.11 Å². The van der Waals surface area contributed by atoms with Crippen LogP contribution in [0.4, 0.5) is 0 Å². The SMILES string of the molecule is CN(C1CCCCC1)S(=O)(=O)NC(C)(C)C(C)(C)C(=O)O. The molecule has 6 nitrogen and oxygen atoms in total. The van der Waals surface area contributed by atoms with Gasteiger partial charge in [-0.2, -0.15) is 17.4 Å². The lowest BCUT2D eigenvalue weighted by molar-refractivity contribution is -0.150. The van der Waals surface area contributed by atoms with Crippen molar-refractivity contribution in [2.24, 2.45) is 5.41 Å². The number of carboxylic acid groups (broad SMARTS) is 1. The van der Waals surface area contributed by atoms with Gasteiger partial charge in [-0.15, -0.1) is 0 Å². The predicted octanol–water partition coefficient (Wildman–Crippen LogP) is 1.97. The summed E-state index contributed by atoms with van der Waals surface area (Å²) in [6.07, 6.45) is 4.94. The zero-order valence-electron chi connectivity index (χ0n) is 13.6. The molecule has 0 unspecified atom stereocenters. The molecule has 124 valence electrons. The van der Waals surface area contributed by atoms with Crippen LogP contribution in [0.1, 0.15) is 59.8 Å². The predicted molar refractivity (Wildman–Crippen MR) is 82.2 cm³/mol. The summed E-state index contributed by atoms with van der Waals surface area (Å²) in [6, 6.07) is -0.00000898.